The van der Waals surface area contributed by atoms with Crippen molar-refractivity contribution >= 4 is 11.8 Å². The van der Waals surface area contributed by atoms with Gasteiger partial charge in [-0.3, -0.25) is 0 Å². The Bertz CT molecular complexity index is 369. The van der Waals surface area contributed by atoms with E-state index in [-0.39, 0.29) is 0 Å². The number of rotatable bonds is 6. The second-order valence-corrected chi connectivity index (χ2v) is 6.08. The Balaban J connectivity index is 2.03. The molecule has 0 saturated carbocycles. The van der Waals surface area contributed by atoms with Crippen molar-refractivity contribution in [2.75, 3.05) is 18.1 Å². The summed E-state index contributed by atoms with van der Waals surface area (Å²) >= 11 is 1.97. The van der Waals surface area contributed by atoms with Gasteiger partial charge in [-0.25, -0.2) is 0 Å². The van der Waals surface area contributed by atoms with Gasteiger partial charge in [0.25, 0.3) is 0 Å². The highest BCUT2D eigenvalue weighted by atomic mass is 32.2. The summed E-state index contributed by atoms with van der Waals surface area (Å²) in [6.07, 6.45) is 2.21. The Hall–Kier alpha value is -0.550. The standard InChI is InChI=1S/C13H23N3OS/c1-4-6-14-11-8-18-7-10(11)13-15-12(16-17-13)9(3)5-2/h9-11,14H,4-8H2,1-3H3. The molecule has 5 heteroatoms. The van der Waals surface area contributed by atoms with Crippen LogP contribution in [0.2, 0.25) is 0 Å². The van der Waals surface area contributed by atoms with Crippen molar-refractivity contribution in [3.63, 3.8) is 0 Å². The van der Waals surface area contributed by atoms with E-state index in [9.17, 15) is 0 Å². The molecule has 1 aromatic heterocycles. The highest BCUT2D eigenvalue weighted by Gasteiger charge is 2.33. The minimum Gasteiger partial charge on any atom is -0.339 e. The first kappa shape index (κ1) is 13.9. The molecule has 1 aliphatic rings. The van der Waals surface area contributed by atoms with Crippen LogP contribution < -0.4 is 5.32 Å². The normalized spacial score (nSPS) is 25.5. The third kappa shape index (κ3) is 3.06. The molecule has 3 atom stereocenters. The van der Waals surface area contributed by atoms with Gasteiger partial charge in [0.05, 0.1) is 5.92 Å². The third-order valence-corrected chi connectivity index (χ3v) is 4.75. The van der Waals surface area contributed by atoms with E-state index >= 15 is 0 Å². The van der Waals surface area contributed by atoms with Crippen molar-refractivity contribution in [3.8, 4) is 0 Å². The lowest BCUT2D eigenvalue weighted by Gasteiger charge is -2.16. The number of thioether (sulfide) groups is 1. The van der Waals surface area contributed by atoms with Gasteiger partial charge in [-0.1, -0.05) is 25.9 Å². The van der Waals surface area contributed by atoms with Gasteiger partial charge >= 0.3 is 0 Å². The molecular weight excluding hydrogens is 246 g/mol. The maximum Gasteiger partial charge on any atom is 0.232 e. The van der Waals surface area contributed by atoms with Crippen LogP contribution in [0.25, 0.3) is 0 Å². The van der Waals surface area contributed by atoms with Crippen molar-refractivity contribution in [2.24, 2.45) is 0 Å². The van der Waals surface area contributed by atoms with Crippen LogP contribution in [0.3, 0.4) is 0 Å². The molecule has 0 aliphatic carbocycles. The fourth-order valence-corrected chi connectivity index (χ4v) is 3.48. The van der Waals surface area contributed by atoms with Gasteiger partial charge in [-0.2, -0.15) is 16.7 Å². The van der Waals surface area contributed by atoms with E-state index in [4.69, 9.17) is 4.52 Å². The van der Waals surface area contributed by atoms with E-state index < -0.39 is 0 Å². The molecule has 1 aliphatic heterocycles. The molecule has 0 amide bonds. The largest absolute Gasteiger partial charge is 0.339 e. The number of aromatic nitrogens is 2. The van der Waals surface area contributed by atoms with E-state index in [1.54, 1.807) is 0 Å². The predicted molar refractivity (Wildman–Crippen MR) is 75.2 cm³/mol. The molecule has 1 N–H and O–H groups in total. The van der Waals surface area contributed by atoms with Gasteiger partial charge in [0.2, 0.25) is 5.89 Å². The van der Waals surface area contributed by atoms with Crippen LogP contribution in [0.15, 0.2) is 4.52 Å². The molecular formula is C13H23N3OS. The van der Waals surface area contributed by atoms with Gasteiger partial charge in [0.15, 0.2) is 5.82 Å². The topological polar surface area (TPSA) is 51.0 Å². The second kappa shape index (κ2) is 6.57. The molecule has 0 bridgehead atoms. The fourth-order valence-electron chi connectivity index (χ4n) is 2.11. The summed E-state index contributed by atoms with van der Waals surface area (Å²) in [5.41, 5.74) is 0. The Morgan fingerprint density at radius 1 is 1.44 bits per heavy atom. The van der Waals surface area contributed by atoms with Crippen LogP contribution in [-0.2, 0) is 0 Å². The average molecular weight is 269 g/mol. The molecule has 1 fully saturated rings. The molecule has 102 valence electrons. The maximum atomic E-state index is 5.47. The van der Waals surface area contributed by atoms with E-state index in [2.05, 4.69) is 36.2 Å². The first-order chi connectivity index (χ1) is 8.76. The number of nitrogens with one attached hydrogen (secondary N) is 1. The number of hydrogen-bond donors (Lipinski definition) is 1. The van der Waals surface area contributed by atoms with Gasteiger partial charge in [0, 0.05) is 23.5 Å². The van der Waals surface area contributed by atoms with Gasteiger partial charge < -0.3 is 9.84 Å². The Morgan fingerprint density at radius 3 is 3.00 bits per heavy atom. The predicted octanol–water partition coefficient (Wildman–Crippen LogP) is 2.78. The quantitative estimate of drug-likeness (QED) is 0.860. The minimum absolute atomic E-state index is 0.381. The molecule has 2 heterocycles. The van der Waals surface area contributed by atoms with Gasteiger partial charge in [-0.05, 0) is 19.4 Å². The number of nitrogens with zero attached hydrogens (tertiary/aromatic N) is 2. The maximum absolute atomic E-state index is 5.47. The highest BCUT2D eigenvalue weighted by Crippen LogP contribution is 2.32. The first-order valence-corrected chi connectivity index (χ1v) is 8.06. The smallest absolute Gasteiger partial charge is 0.232 e. The van der Waals surface area contributed by atoms with Crippen LogP contribution in [0, 0.1) is 0 Å². The summed E-state index contributed by atoms with van der Waals surface area (Å²) in [6, 6.07) is 0.486. The molecule has 4 nitrogen and oxygen atoms in total. The van der Waals surface area contributed by atoms with E-state index in [1.165, 1.54) is 0 Å². The summed E-state index contributed by atoms with van der Waals surface area (Å²) in [4.78, 5) is 4.59. The lowest BCUT2D eigenvalue weighted by atomic mass is 10.0. The van der Waals surface area contributed by atoms with E-state index in [0.717, 1.165) is 42.6 Å². The van der Waals surface area contributed by atoms with Crippen molar-refractivity contribution in [1.29, 1.82) is 0 Å². The first-order valence-electron chi connectivity index (χ1n) is 6.90. The third-order valence-electron chi connectivity index (χ3n) is 3.56. The second-order valence-electron chi connectivity index (χ2n) is 5.00. The van der Waals surface area contributed by atoms with Crippen molar-refractivity contribution < 1.29 is 4.52 Å². The SMILES string of the molecule is CCCNC1CSCC1c1nc(C(C)CC)no1. The van der Waals surface area contributed by atoms with Crippen molar-refractivity contribution in [1.82, 2.24) is 15.5 Å². The van der Waals surface area contributed by atoms with Crippen molar-refractivity contribution in [2.45, 2.75) is 51.5 Å². The summed E-state index contributed by atoms with van der Waals surface area (Å²) in [7, 11) is 0. The molecule has 0 radical (unpaired) electrons. The molecule has 0 aromatic carbocycles. The monoisotopic (exact) mass is 269 g/mol. The Morgan fingerprint density at radius 2 is 2.28 bits per heavy atom. The lowest BCUT2D eigenvalue weighted by Crippen LogP contribution is -2.34. The number of hydrogen-bond acceptors (Lipinski definition) is 5. The zero-order valence-electron chi connectivity index (χ0n) is 11.5. The molecule has 0 spiro atoms. The Kier molecular flexibility index (Phi) is 5.06. The fraction of sp³-hybridized carbons (Fsp3) is 0.846. The van der Waals surface area contributed by atoms with Gasteiger partial charge in [0.1, 0.15) is 0 Å². The zero-order chi connectivity index (χ0) is 13.0. The van der Waals surface area contributed by atoms with E-state index in [1.807, 2.05) is 11.8 Å². The van der Waals surface area contributed by atoms with E-state index in [0.29, 0.717) is 17.9 Å². The van der Waals surface area contributed by atoms with Crippen LogP contribution in [0.5, 0.6) is 0 Å². The minimum atomic E-state index is 0.381. The summed E-state index contributed by atoms with van der Waals surface area (Å²) in [5, 5.41) is 7.71. The Labute approximate surface area is 113 Å². The summed E-state index contributed by atoms with van der Waals surface area (Å²) < 4.78 is 5.47. The highest BCUT2D eigenvalue weighted by molar-refractivity contribution is 7.99. The van der Waals surface area contributed by atoms with Gasteiger partial charge in [-0.15, -0.1) is 0 Å². The van der Waals surface area contributed by atoms with Crippen LogP contribution in [0.1, 0.15) is 57.2 Å². The zero-order valence-corrected chi connectivity index (χ0v) is 12.3. The van der Waals surface area contributed by atoms with Crippen LogP contribution in [-0.4, -0.2) is 34.2 Å². The molecule has 1 saturated heterocycles. The summed E-state index contributed by atoms with van der Waals surface area (Å²) in [6.45, 7) is 7.55. The van der Waals surface area contributed by atoms with Crippen molar-refractivity contribution in [3.05, 3.63) is 11.7 Å². The van der Waals surface area contributed by atoms with Crippen LogP contribution in [0.4, 0.5) is 0 Å². The molecule has 3 unspecified atom stereocenters. The molecule has 1 aromatic rings. The van der Waals surface area contributed by atoms with Crippen LogP contribution >= 0.6 is 11.8 Å². The molecule has 18 heavy (non-hydrogen) atoms. The lowest BCUT2D eigenvalue weighted by molar-refractivity contribution is 0.334. The summed E-state index contributed by atoms with van der Waals surface area (Å²) in [5.74, 6) is 4.68. The average Bonchev–Trinajstić information content (AvgIpc) is 3.03. The molecule has 2 rings (SSSR count).